The summed E-state index contributed by atoms with van der Waals surface area (Å²) < 4.78 is 28.7. The molecule has 0 saturated carbocycles. The van der Waals surface area contributed by atoms with Gasteiger partial charge in [0.15, 0.2) is 0 Å². The van der Waals surface area contributed by atoms with E-state index < -0.39 is 10.0 Å². The Balaban J connectivity index is 1.43. The molecule has 5 rings (SSSR count). The molecule has 0 saturated heterocycles. The van der Waals surface area contributed by atoms with Crippen molar-refractivity contribution in [3.05, 3.63) is 76.1 Å². The molecule has 0 aliphatic carbocycles. The monoisotopic (exact) mass is 561 g/mol. The fourth-order valence-electron chi connectivity index (χ4n) is 5.52. The number of benzene rings is 2. The van der Waals surface area contributed by atoms with Gasteiger partial charge >= 0.3 is 0 Å². The lowest BCUT2D eigenvalue weighted by atomic mass is 10.0. The second-order valence-corrected chi connectivity index (χ2v) is 12.0. The number of amides is 2. The minimum atomic E-state index is -3.83. The molecule has 210 valence electrons. The molecule has 0 unspecified atom stereocenters. The fourth-order valence-corrected chi connectivity index (χ4v) is 7.04. The third-order valence-electron chi connectivity index (χ3n) is 7.81. The summed E-state index contributed by atoms with van der Waals surface area (Å²) in [4.78, 5) is 31.6. The Morgan fingerprint density at radius 1 is 1.12 bits per heavy atom. The van der Waals surface area contributed by atoms with Crippen LogP contribution in [0.2, 0.25) is 0 Å². The van der Waals surface area contributed by atoms with E-state index in [-0.39, 0.29) is 16.7 Å². The van der Waals surface area contributed by atoms with Crippen LogP contribution in [-0.2, 0) is 21.2 Å². The van der Waals surface area contributed by atoms with Crippen molar-refractivity contribution in [2.75, 3.05) is 42.3 Å². The number of sulfonamides is 1. The van der Waals surface area contributed by atoms with Gasteiger partial charge in [0.1, 0.15) is 0 Å². The number of aryl methyl sites for hydroxylation is 1. The topological polar surface area (TPSA) is 115 Å². The molecule has 0 bridgehead atoms. The maximum absolute atomic E-state index is 13.6. The molecule has 2 aliphatic heterocycles. The number of anilines is 2. The summed E-state index contributed by atoms with van der Waals surface area (Å²) in [5, 5.41) is 5.83. The molecule has 2 amide bonds. The van der Waals surface area contributed by atoms with Gasteiger partial charge in [-0.15, -0.1) is 0 Å². The van der Waals surface area contributed by atoms with Crippen molar-refractivity contribution in [2.24, 2.45) is 0 Å². The Morgan fingerprint density at radius 2 is 1.88 bits per heavy atom. The number of hydrogen-bond donors (Lipinski definition) is 3. The summed E-state index contributed by atoms with van der Waals surface area (Å²) >= 11 is 0. The van der Waals surface area contributed by atoms with E-state index in [9.17, 15) is 18.0 Å². The van der Waals surface area contributed by atoms with E-state index in [2.05, 4.69) is 34.4 Å². The van der Waals surface area contributed by atoms with Gasteiger partial charge < -0.3 is 20.5 Å². The predicted octanol–water partition coefficient (Wildman–Crippen LogP) is 3.95. The molecule has 0 spiro atoms. The van der Waals surface area contributed by atoms with Crippen molar-refractivity contribution in [1.82, 2.24) is 15.2 Å². The number of nitrogens with one attached hydrogen (secondary N) is 3. The minimum Gasteiger partial charge on any atom is -0.358 e. The number of aromatic amines is 1. The van der Waals surface area contributed by atoms with Crippen molar-refractivity contribution < 1.29 is 18.0 Å². The Morgan fingerprint density at radius 3 is 2.62 bits per heavy atom. The number of carbonyl (C=O) groups is 2. The van der Waals surface area contributed by atoms with E-state index in [0.717, 1.165) is 30.8 Å². The average molecular weight is 562 g/mol. The summed E-state index contributed by atoms with van der Waals surface area (Å²) in [6.45, 7) is 11.4. The number of rotatable bonds is 9. The van der Waals surface area contributed by atoms with Crippen molar-refractivity contribution in [3.63, 3.8) is 0 Å². The third-order valence-corrected chi connectivity index (χ3v) is 9.62. The van der Waals surface area contributed by atoms with Crippen LogP contribution in [0, 0.1) is 13.8 Å². The molecule has 3 heterocycles. The molecule has 10 heteroatoms. The molecule has 3 aromatic rings. The largest absolute Gasteiger partial charge is 0.358 e. The molecule has 0 fully saturated rings. The molecular formula is C30H35N5O4S. The van der Waals surface area contributed by atoms with E-state index in [1.807, 2.05) is 38.1 Å². The first kappa shape index (κ1) is 27.7. The number of fused-ring (bicyclic) bond motifs is 2. The molecule has 2 aromatic carbocycles. The second-order valence-electron chi connectivity index (χ2n) is 10.1. The molecule has 1 aromatic heterocycles. The van der Waals surface area contributed by atoms with Crippen molar-refractivity contribution in [1.29, 1.82) is 0 Å². The molecule has 0 atom stereocenters. The van der Waals surface area contributed by atoms with Crippen molar-refractivity contribution >= 4 is 44.9 Å². The maximum atomic E-state index is 13.6. The molecule has 40 heavy (non-hydrogen) atoms. The van der Waals surface area contributed by atoms with Crippen LogP contribution in [0.5, 0.6) is 0 Å². The van der Waals surface area contributed by atoms with Crippen LogP contribution in [0.3, 0.4) is 0 Å². The summed E-state index contributed by atoms with van der Waals surface area (Å²) in [5.74, 6) is -0.494. The van der Waals surface area contributed by atoms with Gasteiger partial charge in [0, 0.05) is 42.3 Å². The zero-order valence-electron chi connectivity index (χ0n) is 23.3. The van der Waals surface area contributed by atoms with Crippen molar-refractivity contribution in [2.45, 2.75) is 39.0 Å². The van der Waals surface area contributed by atoms with Gasteiger partial charge in [0.25, 0.3) is 21.8 Å². The first-order valence-corrected chi connectivity index (χ1v) is 15.1. The lowest BCUT2D eigenvalue weighted by Gasteiger charge is -2.20. The zero-order chi connectivity index (χ0) is 28.6. The van der Waals surface area contributed by atoms with Gasteiger partial charge in [0.2, 0.25) is 0 Å². The quantitative estimate of drug-likeness (QED) is 0.343. The lowest BCUT2D eigenvalue weighted by molar-refractivity contribution is -0.110. The van der Waals surface area contributed by atoms with Gasteiger partial charge in [-0.3, -0.25) is 13.9 Å². The second kappa shape index (κ2) is 10.9. The number of likely N-dealkylation sites (N-methyl/N-ethyl adjacent to an activating group) is 1. The van der Waals surface area contributed by atoms with E-state index in [4.69, 9.17) is 0 Å². The molecule has 9 nitrogen and oxygen atoms in total. The normalized spacial score (nSPS) is 15.5. The van der Waals surface area contributed by atoms with Gasteiger partial charge in [0.05, 0.1) is 21.7 Å². The Kier molecular flexibility index (Phi) is 7.57. The van der Waals surface area contributed by atoms with Crippen LogP contribution in [0.1, 0.15) is 52.3 Å². The molecule has 2 aliphatic rings. The highest BCUT2D eigenvalue weighted by Gasteiger charge is 2.33. The number of para-hydroxylation sites is 1. The highest BCUT2D eigenvalue weighted by atomic mass is 32.2. The molecule has 3 N–H and O–H groups in total. The van der Waals surface area contributed by atoms with Gasteiger partial charge in [-0.25, -0.2) is 8.42 Å². The number of H-pyrrole nitrogens is 1. The van der Waals surface area contributed by atoms with Gasteiger partial charge in [-0.2, -0.15) is 0 Å². The highest BCUT2D eigenvalue weighted by molar-refractivity contribution is 7.92. The fraction of sp³-hybridized carbons (Fsp3) is 0.333. The Hall–Kier alpha value is -3.89. The maximum Gasteiger partial charge on any atom is 0.264 e. The summed E-state index contributed by atoms with van der Waals surface area (Å²) in [6, 6.07) is 12.2. The van der Waals surface area contributed by atoms with E-state index >= 15 is 0 Å². The summed E-state index contributed by atoms with van der Waals surface area (Å²) in [7, 11) is -3.83. The zero-order valence-corrected chi connectivity index (χ0v) is 24.1. The number of hydrogen-bond acceptors (Lipinski definition) is 5. The van der Waals surface area contributed by atoms with Gasteiger partial charge in [-0.05, 0) is 74.8 Å². The standard InChI is InChI=1S/C30H35N5O4S/c1-5-34(6-2)16-14-31-30(37)28-19(3)26(32-20(28)4)18-24-23-17-22(11-12-25(23)33-29(24)36)40(38,39)35-15-13-21-9-7-8-10-27(21)35/h7-12,17-18,32H,5-6,13-16H2,1-4H3,(H,31,37)(H,33,36). The lowest BCUT2D eigenvalue weighted by Crippen LogP contribution is -2.35. The average Bonchev–Trinajstić information content (AvgIpc) is 3.59. The summed E-state index contributed by atoms with van der Waals surface area (Å²) in [6.07, 6.45) is 2.35. The molecular weight excluding hydrogens is 526 g/mol. The van der Waals surface area contributed by atoms with Crippen LogP contribution in [0.4, 0.5) is 11.4 Å². The van der Waals surface area contributed by atoms with Crippen LogP contribution >= 0.6 is 0 Å². The van der Waals surface area contributed by atoms with E-state index in [1.54, 1.807) is 18.2 Å². The van der Waals surface area contributed by atoms with E-state index in [1.165, 1.54) is 10.4 Å². The Bertz CT molecular complexity index is 1620. The highest BCUT2D eigenvalue weighted by Crippen LogP contribution is 2.38. The minimum absolute atomic E-state index is 0.123. The van der Waals surface area contributed by atoms with Crippen LogP contribution in [0.15, 0.2) is 47.4 Å². The van der Waals surface area contributed by atoms with E-state index in [0.29, 0.717) is 59.0 Å². The van der Waals surface area contributed by atoms with Crippen molar-refractivity contribution in [3.8, 4) is 0 Å². The molecule has 0 radical (unpaired) electrons. The third kappa shape index (κ3) is 4.93. The first-order valence-electron chi connectivity index (χ1n) is 13.6. The Labute approximate surface area is 235 Å². The first-order chi connectivity index (χ1) is 19.1. The van der Waals surface area contributed by atoms with Crippen LogP contribution in [0.25, 0.3) is 11.6 Å². The van der Waals surface area contributed by atoms with Crippen LogP contribution in [-0.4, -0.2) is 62.8 Å². The summed E-state index contributed by atoms with van der Waals surface area (Å²) in [5.41, 5.74) is 5.69. The van der Waals surface area contributed by atoms with Gasteiger partial charge in [-0.1, -0.05) is 32.0 Å². The predicted molar refractivity (Wildman–Crippen MR) is 158 cm³/mol. The SMILES string of the molecule is CCN(CC)CCNC(=O)c1c(C)[nH]c(C=C2C(=O)Nc3ccc(S(=O)(=O)N4CCc5ccccc54)cc32)c1C. The number of carbonyl (C=O) groups excluding carboxylic acids is 2. The number of nitrogens with zero attached hydrogens (tertiary/aromatic N) is 2. The smallest absolute Gasteiger partial charge is 0.264 e. The number of aromatic nitrogens is 1. The van der Waals surface area contributed by atoms with Crippen LogP contribution < -0.4 is 14.9 Å².